The first-order valence-electron chi connectivity index (χ1n) is 6.82. The molecule has 1 aromatic carbocycles. The lowest BCUT2D eigenvalue weighted by atomic mass is 10.1. The third-order valence-electron chi connectivity index (χ3n) is 3.31. The molecule has 0 saturated heterocycles. The Bertz CT molecular complexity index is 933. The normalized spacial score (nSPS) is 11.7. The summed E-state index contributed by atoms with van der Waals surface area (Å²) < 4.78 is 53.8. The van der Waals surface area contributed by atoms with Crippen molar-refractivity contribution in [2.24, 2.45) is 0 Å². The molecule has 3 aromatic rings. The SMILES string of the molecule is O=C(O)c1cnn(Cc2nc(-c3cccc(C(F)(F)F)c3F)cs2)c1. The number of hydrogen-bond acceptors (Lipinski definition) is 4. The zero-order chi connectivity index (χ0) is 18.2. The van der Waals surface area contributed by atoms with Crippen LogP contribution in [0.5, 0.6) is 0 Å². The predicted molar refractivity (Wildman–Crippen MR) is 80.8 cm³/mol. The Hall–Kier alpha value is -2.75. The molecule has 2 aromatic heterocycles. The molecule has 0 atom stereocenters. The summed E-state index contributed by atoms with van der Waals surface area (Å²) in [6.07, 6.45) is -2.32. The molecule has 0 spiro atoms. The average Bonchev–Trinajstić information content (AvgIpc) is 3.16. The molecule has 0 radical (unpaired) electrons. The van der Waals surface area contributed by atoms with E-state index < -0.39 is 23.5 Å². The molecule has 3 rings (SSSR count). The number of aromatic carboxylic acids is 1. The first-order chi connectivity index (χ1) is 11.8. The van der Waals surface area contributed by atoms with Crippen molar-refractivity contribution >= 4 is 17.3 Å². The van der Waals surface area contributed by atoms with Gasteiger partial charge in [-0.05, 0) is 12.1 Å². The Balaban J connectivity index is 1.88. The van der Waals surface area contributed by atoms with Gasteiger partial charge in [0.1, 0.15) is 10.8 Å². The lowest BCUT2D eigenvalue weighted by molar-refractivity contribution is -0.139. The smallest absolute Gasteiger partial charge is 0.419 e. The van der Waals surface area contributed by atoms with E-state index in [-0.39, 0.29) is 23.4 Å². The van der Waals surface area contributed by atoms with E-state index in [9.17, 15) is 22.4 Å². The van der Waals surface area contributed by atoms with Gasteiger partial charge in [-0.15, -0.1) is 11.3 Å². The minimum absolute atomic E-state index is 0.000650. The van der Waals surface area contributed by atoms with Crippen LogP contribution in [0, 0.1) is 5.82 Å². The number of aromatic nitrogens is 3. The first-order valence-corrected chi connectivity index (χ1v) is 7.70. The molecule has 0 aliphatic rings. The highest BCUT2D eigenvalue weighted by Gasteiger charge is 2.35. The van der Waals surface area contributed by atoms with Crippen LogP contribution in [0.2, 0.25) is 0 Å². The van der Waals surface area contributed by atoms with Gasteiger partial charge in [-0.2, -0.15) is 18.3 Å². The van der Waals surface area contributed by atoms with Crippen LogP contribution in [0.15, 0.2) is 36.0 Å². The number of benzene rings is 1. The van der Waals surface area contributed by atoms with Gasteiger partial charge in [0.15, 0.2) is 0 Å². The van der Waals surface area contributed by atoms with Gasteiger partial charge >= 0.3 is 12.1 Å². The summed E-state index contributed by atoms with van der Waals surface area (Å²) in [5.41, 5.74) is -1.52. The number of halogens is 4. The molecule has 5 nitrogen and oxygen atoms in total. The van der Waals surface area contributed by atoms with Gasteiger partial charge in [0.25, 0.3) is 0 Å². The van der Waals surface area contributed by atoms with Gasteiger partial charge in [0.2, 0.25) is 0 Å². The van der Waals surface area contributed by atoms with Crippen LogP contribution in [-0.4, -0.2) is 25.8 Å². The Labute approximate surface area is 142 Å². The molecule has 0 unspecified atom stereocenters. The van der Waals surface area contributed by atoms with Gasteiger partial charge in [-0.3, -0.25) is 4.68 Å². The summed E-state index contributed by atoms with van der Waals surface area (Å²) in [6.45, 7) is 0.124. The van der Waals surface area contributed by atoms with Crippen LogP contribution < -0.4 is 0 Å². The van der Waals surface area contributed by atoms with Crippen molar-refractivity contribution in [1.82, 2.24) is 14.8 Å². The molecule has 2 heterocycles. The molecule has 0 aliphatic carbocycles. The van der Waals surface area contributed by atoms with Crippen molar-refractivity contribution in [3.05, 3.63) is 57.9 Å². The molecule has 0 fully saturated rings. The van der Waals surface area contributed by atoms with Gasteiger partial charge < -0.3 is 5.11 Å². The van der Waals surface area contributed by atoms with Crippen LogP contribution in [0.1, 0.15) is 20.9 Å². The van der Waals surface area contributed by atoms with Crippen molar-refractivity contribution in [2.75, 3.05) is 0 Å². The van der Waals surface area contributed by atoms with Gasteiger partial charge in [0, 0.05) is 17.1 Å². The van der Waals surface area contributed by atoms with E-state index in [1.807, 2.05) is 0 Å². The van der Waals surface area contributed by atoms with Crippen LogP contribution in [-0.2, 0) is 12.7 Å². The van der Waals surface area contributed by atoms with Crippen molar-refractivity contribution in [3.63, 3.8) is 0 Å². The molecule has 0 amide bonds. The maximum atomic E-state index is 14.1. The summed E-state index contributed by atoms with van der Waals surface area (Å²) >= 11 is 1.11. The highest BCUT2D eigenvalue weighted by Crippen LogP contribution is 2.35. The summed E-state index contributed by atoms with van der Waals surface area (Å²) in [5.74, 6) is -2.50. The molecular formula is C15H9F4N3O2S. The molecule has 130 valence electrons. The quantitative estimate of drug-likeness (QED) is 0.706. The second-order valence-corrected chi connectivity index (χ2v) is 5.97. The van der Waals surface area contributed by atoms with Crippen LogP contribution in [0.25, 0.3) is 11.3 Å². The second kappa shape index (κ2) is 6.28. The molecule has 0 bridgehead atoms. The lowest BCUT2D eigenvalue weighted by Gasteiger charge is -2.09. The standard InChI is InChI=1S/C15H9F4N3O2S/c16-13-9(2-1-3-10(13)15(17,18)19)11-7-25-12(21-11)6-22-5-8(4-20-22)14(23)24/h1-5,7H,6H2,(H,23,24). The van der Waals surface area contributed by atoms with Crippen LogP contribution >= 0.6 is 11.3 Å². The largest absolute Gasteiger partial charge is 0.478 e. The van der Waals surface area contributed by atoms with E-state index in [4.69, 9.17) is 5.11 Å². The fourth-order valence-corrected chi connectivity index (χ4v) is 2.94. The highest BCUT2D eigenvalue weighted by atomic mass is 32.1. The Morgan fingerprint density at radius 3 is 2.72 bits per heavy atom. The highest BCUT2D eigenvalue weighted by molar-refractivity contribution is 7.09. The zero-order valence-corrected chi connectivity index (χ0v) is 13.1. The predicted octanol–water partition coefficient (Wildman–Crippen LogP) is 3.91. The number of alkyl halides is 3. The minimum atomic E-state index is -4.79. The van der Waals surface area contributed by atoms with E-state index in [0.29, 0.717) is 11.1 Å². The third-order valence-corrected chi connectivity index (χ3v) is 4.14. The number of nitrogens with zero attached hydrogens (tertiary/aromatic N) is 3. The summed E-state index contributed by atoms with van der Waals surface area (Å²) in [4.78, 5) is 14.9. The average molecular weight is 371 g/mol. The maximum absolute atomic E-state index is 14.1. The number of carbonyl (C=O) groups is 1. The summed E-state index contributed by atoms with van der Waals surface area (Å²) in [5, 5.41) is 14.6. The van der Waals surface area contributed by atoms with E-state index in [1.54, 1.807) is 0 Å². The third kappa shape index (κ3) is 3.53. The Kier molecular flexibility index (Phi) is 4.29. The lowest BCUT2D eigenvalue weighted by Crippen LogP contribution is -2.08. The van der Waals surface area contributed by atoms with Crippen LogP contribution in [0.3, 0.4) is 0 Å². The first kappa shape index (κ1) is 17.1. The fraction of sp³-hybridized carbons (Fsp3) is 0.133. The van der Waals surface area contributed by atoms with Gasteiger partial charge in [-0.25, -0.2) is 14.2 Å². The topological polar surface area (TPSA) is 68.0 Å². The molecule has 0 aliphatic heterocycles. The van der Waals surface area contributed by atoms with Crippen molar-refractivity contribution in [1.29, 1.82) is 0 Å². The van der Waals surface area contributed by atoms with Crippen molar-refractivity contribution in [3.8, 4) is 11.3 Å². The Morgan fingerprint density at radius 2 is 2.08 bits per heavy atom. The fourth-order valence-electron chi connectivity index (χ4n) is 2.16. The van der Waals surface area contributed by atoms with E-state index in [1.165, 1.54) is 28.5 Å². The van der Waals surface area contributed by atoms with E-state index >= 15 is 0 Å². The van der Waals surface area contributed by atoms with Gasteiger partial charge in [-0.1, -0.05) is 6.07 Å². The van der Waals surface area contributed by atoms with E-state index in [2.05, 4.69) is 10.1 Å². The van der Waals surface area contributed by atoms with Crippen LogP contribution in [0.4, 0.5) is 17.6 Å². The summed E-state index contributed by atoms with van der Waals surface area (Å²) in [7, 11) is 0. The maximum Gasteiger partial charge on any atom is 0.419 e. The molecule has 1 N–H and O–H groups in total. The van der Waals surface area contributed by atoms with Crippen molar-refractivity contribution < 1.29 is 27.5 Å². The number of hydrogen-bond donors (Lipinski definition) is 1. The zero-order valence-electron chi connectivity index (χ0n) is 12.3. The molecule has 0 saturated carbocycles. The number of carboxylic acids is 1. The number of rotatable bonds is 4. The number of thiazole rings is 1. The monoisotopic (exact) mass is 371 g/mol. The van der Waals surface area contributed by atoms with Gasteiger partial charge in [0.05, 0.1) is 29.6 Å². The second-order valence-electron chi connectivity index (χ2n) is 5.02. The molecule has 10 heteroatoms. The summed E-state index contributed by atoms with van der Waals surface area (Å²) in [6, 6.07) is 3.01. The molecule has 25 heavy (non-hydrogen) atoms. The minimum Gasteiger partial charge on any atom is -0.478 e. The number of carboxylic acid groups (broad SMARTS) is 1. The Morgan fingerprint density at radius 1 is 1.32 bits per heavy atom. The van der Waals surface area contributed by atoms with Crippen molar-refractivity contribution in [2.45, 2.75) is 12.7 Å². The molecular weight excluding hydrogens is 362 g/mol. The van der Waals surface area contributed by atoms with E-state index in [0.717, 1.165) is 17.4 Å².